The number of aromatic amines is 1. The predicted molar refractivity (Wildman–Crippen MR) is 85.5 cm³/mol. The van der Waals surface area contributed by atoms with Crippen molar-refractivity contribution in [2.45, 2.75) is 39.0 Å². The van der Waals surface area contributed by atoms with E-state index in [4.69, 9.17) is 0 Å². The number of allylic oxidation sites excluding steroid dienone is 1. The molecule has 3 heteroatoms. The fourth-order valence-corrected chi connectivity index (χ4v) is 3.36. The molecule has 2 aromatic heterocycles. The van der Waals surface area contributed by atoms with Crippen LogP contribution in [0.4, 0.5) is 0 Å². The van der Waals surface area contributed by atoms with Crippen molar-refractivity contribution in [3.8, 4) is 0 Å². The molecule has 1 atom stereocenters. The number of H-pyrrole nitrogens is 1. The number of nitrogens with one attached hydrogen (secondary N) is 1. The van der Waals surface area contributed by atoms with Gasteiger partial charge in [0.05, 0.1) is 0 Å². The third-order valence-electron chi connectivity index (χ3n) is 4.37. The highest BCUT2D eigenvalue weighted by Gasteiger charge is 2.26. The monoisotopic (exact) mass is 280 g/mol. The van der Waals surface area contributed by atoms with Crippen LogP contribution < -0.4 is 5.56 Å². The zero-order valence-electron chi connectivity index (χ0n) is 12.6. The van der Waals surface area contributed by atoms with Gasteiger partial charge in [0.1, 0.15) is 0 Å². The molecule has 108 valence electrons. The molecule has 0 aromatic carbocycles. The lowest BCUT2D eigenvalue weighted by atomic mass is 9.79. The van der Waals surface area contributed by atoms with Crippen molar-refractivity contribution in [3.05, 3.63) is 69.4 Å². The van der Waals surface area contributed by atoms with Gasteiger partial charge in [0.15, 0.2) is 0 Å². The molecule has 1 N–H and O–H groups in total. The molecule has 0 fully saturated rings. The lowest BCUT2D eigenvalue weighted by Gasteiger charge is -2.27. The van der Waals surface area contributed by atoms with Gasteiger partial charge in [0, 0.05) is 29.1 Å². The van der Waals surface area contributed by atoms with Crippen LogP contribution in [0.5, 0.6) is 0 Å². The lowest BCUT2D eigenvalue weighted by molar-refractivity contribution is 0.565. The summed E-state index contributed by atoms with van der Waals surface area (Å²) in [6, 6.07) is 6.08. The van der Waals surface area contributed by atoms with Crippen molar-refractivity contribution >= 4 is 5.57 Å². The van der Waals surface area contributed by atoms with Crippen LogP contribution in [0.15, 0.2) is 35.8 Å². The SMILES string of the molecule is C=C(C)c1c2c(c(C)[nH]c1=O)CC(c1ccccn1)CC2. The van der Waals surface area contributed by atoms with E-state index in [1.165, 1.54) is 11.1 Å². The summed E-state index contributed by atoms with van der Waals surface area (Å²) >= 11 is 0. The summed E-state index contributed by atoms with van der Waals surface area (Å²) in [6.07, 6.45) is 4.75. The number of nitrogens with zero attached hydrogens (tertiary/aromatic N) is 1. The Balaban J connectivity index is 2.06. The Bertz CT molecular complexity index is 744. The number of hydrogen-bond acceptors (Lipinski definition) is 2. The summed E-state index contributed by atoms with van der Waals surface area (Å²) in [4.78, 5) is 19.7. The third-order valence-corrected chi connectivity index (χ3v) is 4.37. The third kappa shape index (κ3) is 2.44. The van der Waals surface area contributed by atoms with Gasteiger partial charge < -0.3 is 4.98 Å². The van der Waals surface area contributed by atoms with Gasteiger partial charge in [0.25, 0.3) is 5.56 Å². The van der Waals surface area contributed by atoms with Crippen molar-refractivity contribution in [2.24, 2.45) is 0 Å². The number of fused-ring (bicyclic) bond motifs is 1. The zero-order chi connectivity index (χ0) is 15.0. The Morgan fingerprint density at radius 3 is 2.86 bits per heavy atom. The van der Waals surface area contributed by atoms with Crippen LogP contribution in [0.25, 0.3) is 5.57 Å². The van der Waals surface area contributed by atoms with E-state index in [9.17, 15) is 4.79 Å². The fraction of sp³-hybridized carbons (Fsp3) is 0.333. The molecule has 3 nitrogen and oxygen atoms in total. The highest BCUT2D eigenvalue weighted by Crippen LogP contribution is 2.34. The molecule has 0 amide bonds. The van der Waals surface area contributed by atoms with Gasteiger partial charge in [-0.3, -0.25) is 9.78 Å². The second-order valence-electron chi connectivity index (χ2n) is 5.89. The molecule has 0 radical (unpaired) electrons. The van der Waals surface area contributed by atoms with E-state index in [0.717, 1.165) is 41.8 Å². The maximum Gasteiger partial charge on any atom is 0.255 e. The molecule has 0 spiro atoms. The van der Waals surface area contributed by atoms with Crippen LogP contribution in [-0.4, -0.2) is 9.97 Å². The fourth-order valence-electron chi connectivity index (χ4n) is 3.36. The molecular formula is C18H20N2O. The van der Waals surface area contributed by atoms with E-state index in [0.29, 0.717) is 5.92 Å². The first-order chi connectivity index (χ1) is 10.1. The van der Waals surface area contributed by atoms with Crippen molar-refractivity contribution in [2.75, 3.05) is 0 Å². The Labute approximate surface area is 124 Å². The van der Waals surface area contributed by atoms with Crippen molar-refractivity contribution in [1.82, 2.24) is 9.97 Å². The first-order valence-corrected chi connectivity index (χ1v) is 7.39. The second kappa shape index (κ2) is 5.32. The first kappa shape index (κ1) is 13.8. The van der Waals surface area contributed by atoms with Gasteiger partial charge in [-0.25, -0.2) is 0 Å². The standard InChI is InChI=1S/C18H20N2O/c1-11(2)17-14-8-7-13(16-6-4-5-9-19-16)10-15(14)12(3)20-18(17)21/h4-6,9,13H,1,7-8,10H2,2-3H3,(H,20,21). The topological polar surface area (TPSA) is 45.8 Å². The van der Waals surface area contributed by atoms with E-state index in [2.05, 4.69) is 22.6 Å². The maximum absolute atomic E-state index is 12.2. The Morgan fingerprint density at radius 2 is 2.19 bits per heavy atom. The zero-order valence-corrected chi connectivity index (χ0v) is 12.6. The van der Waals surface area contributed by atoms with Gasteiger partial charge in [-0.15, -0.1) is 0 Å². The van der Waals surface area contributed by atoms with Gasteiger partial charge >= 0.3 is 0 Å². The smallest absolute Gasteiger partial charge is 0.255 e. The van der Waals surface area contributed by atoms with Crippen LogP contribution in [0.2, 0.25) is 0 Å². The molecular weight excluding hydrogens is 260 g/mol. The first-order valence-electron chi connectivity index (χ1n) is 7.39. The summed E-state index contributed by atoms with van der Waals surface area (Å²) in [7, 11) is 0. The quantitative estimate of drug-likeness (QED) is 0.916. The van der Waals surface area contributed by atoms with E-state index >= 15 is 0 Å². The van der Waals surface area contributed by atoms with Gasteiger partial charge in [0.2, 0.25) is 0 Å². The summed E-state index contributed by atoms with van der Waals surface area (Å²) in [5, 5.41) is 0. The molecule has 0 saturated carbocycles. The predicted octanol–water partition coefficient (Wildman–Crippen LogP) is 3.38. The molecule has 2 heterocycles. The van der Waals surface area contributed by atoms with Gasteiger partial charge in [-0.1, -0.05) is 12.6 Å². The molecule has 1 aliphatic rings. The van der Waals surface area contributed by atoms with E-state index in [1.807, 2.05) is 32.2 Å². The second-order valence-corrected chi connectivity index (χ2v) is 5.89. The van der Waals surface area contributed by atoms with Crippen LogP contribution in [0, 0.1) is 6.92 Å². The molecule has 21 heavy (non-hydrogen) atoms. The molecule has 0 bridgehead atoms. The highest BCUT2D eigenvalue weighted by atomic mass is 16.1. The van der Waals surface area contributed by atoms with Crippen LogP contribution >= 0.6 is 0 Å². The summed E-state index contributed by atoms with van der Waals surface area (Å²) in [5.41, 5.74) is 6.23. The molecule has 1 unspecified atom stereocenters. The normalized spacial score (nSPS) is 17.3. The number of rotatable bonds is 2. The minimum absolute atomic E-state index is 0.00460. The number of pyridine rings is 2. The van der Waals surface area contributed by atoms with Crippen LogP contribution in [0.1, 0.15) is 47.3 Å². The van der Waals surface area contributed by atoms with E-state index in [1.54, 1.807) is 0 Å². The number of aromatic nitrogens is 2. The van der Waals surface area contributed by atoms with Crippen molar-refractivity contribution in [3.63, 3.8) is 0 Å². The average Bonchev–Trinajstić information content (AvgIpc) is 2.47. The molecule has 3 rings (SSSR count). The largest absolute Gasteiger partial charge is 0.326 e. The Morgan fingerprint density at radius 1 is 1.38 bits per heavy atom. The van der Waals surface area contributed by atoms with Gasteiger partial charge in [-0.05, 0) is 61.9 Å². The Hall–Kier alpha value is -2.16. The minimum Gasteiger partial charge on any atom is -0.326 e. The van der Waals surface area contributed by atoms with Crippen molar-refractivity contribution in [1.29, 1.82) is 0 Å². The lowest BCUT2D eigenvalue weighted by Crippen LogP contribution is -2.24. The van der Waals surface area contributed by atoms with E-state index < -0.39 is 0 Å². The molecule has 0 saturated heterocycles. The average molecular weight is 280 g/mol. The minimum atomic E-state index is -0.00460. The Kier molecular flexibility index (Phi) is 3.50. The van der Waals surface area contributed by atoms with Crippen LogP contribution in [0.3, 0.4) is 0 Å². The molecule has 0 aliphatic heterocycles. The van der Waals surface area contributed by atoms with Crippen molar-refractivity contribution < 1.29 is 0 Å². The summed E-state index contributed by atoms with van der Waals surface area (Å²) < 4.78 is 0. The number of hydrogen-bond donors (Lipinski definition) is 1. The summed E-state index contributed by atoms with van der Waals surface area (Å²) in [5.74, 6) is 0.432. The van der Waals surface area contributed by atoms with Gasteiger partial charge in [-0.2, -0.15) is 0 Å². The maximum atomic E-state index is 12.2. The molecule has 2 aromatic rings. The highest BCUT2D eigenvalue weighted by molar-refractivity contribution is 5.65. The molecule has 1 aliphatic carbocycles. The number of aryl methyl sites for hydroxylation is 1. The van der Waals surface area contributed by atoms with Crippen LogP contribution in [-0.2, 0) is 12.8 Å². The van der Waals surface area contributed by atoms with E-state index in [-0.39, 0.29) is 5.56 Å². The summed E-state index contributed by atoms with van der Waals surface area (Å²) in [6.45, 7) is 7.87.